The van der Waals surface area contributed by atoms with Crippen molar-refractivity contribution < 1.29 is 4.74 Å². The molecule has 0 aliphatic heterocycles. The lowest BCUT2D eigenvalue weighted by Gasteiger charge is -2.28. The molecule has 0 aromatic heterocycles. The molecule has 3 rings (SSSR count). The van der Waals surface area contributed by atoms with Crippen molar-refractivity contribution >= 4 is 6.08 Å². The standard InChI is InChI=1S/C35H52O/c1-4-6-7-17-34-28-33(26-27-35(34)36-3)16-11-10-15-32-24-22-31(23-25-32)14-9-8-13-30-20-18-29(12-5-2)19-21-30/h5,12,18-21,26-28,31-32H,4,6-11,13-17,22-25H2,1-3H3/b12-5+. The molecule has 1 fully saturated rings. The summed E-state index contributed by atoms with van der Waals surface area (Å²) >= 11 is 0. The van der Waals surface area contributed by atoms with Crippen molar-refractivity contribution in [3.05, 3.63) is 70.8 Å². The Morgan fingerprint density at radius 3 is 1.89 bits per heavy atom. The van der Waals surface area contributed by atoms with E-state index in [1.54, 1.807) is 7.11 Å². The summed E-state index contributed by atoms with van der Waals surface area (Å²) < 4.78 is 5.60. The number of ether oxygens (including phenoxy) is 1. The van der Waals surface area contributed by atoms with Crippen molar-refractivity contribution in [1.82, 2.24) is 0 Å². The van der Waals surface area contributed by atoms with Gasteiger partial charge in [0.2, 0.25) is 0 Å². The van der Waals surface area contributed by atoms with Gasteiger partial charge in [-0.2, -0.15) is 0 Å². The van der Waals surface area contributed by atoms with Gasteiger partial charge in [0, 0.05) is 0 Å². The number of hydrogen-bond donors (Lipinski definition) is 0. The van der Waals surface area contributed by atoms with Crippen molar-refractivity contribution in [3.63, 3.8) is 0 Å². The second-order valence-electron chi connectivity index (χ2n) is 11.2. The van der Waals surface area contributed by atoms with Crippen LogP contribution in [0.2, 0.25) is 0 Å². The fraction of sp³-hybridized carbons (Fsp3) is 0.600. The van der Waals surface area contributed by atoms with E-state index >= 15 is 0 Å². The first-order chi connectivity index (χ1) is 17.7. The molecule has 0 N–H and O–H groups in total. The van der Waals surface area contributed by atoms with Crippen LogP contribution in [0.4, 0.5) is 0 Å². The van der Waals surface area contributed by atoms with Gasteiger partial charge in [-0.25, -0.2) is 0 Å². The fourth-order valence-corrected chi connectivity index (χ4v) is 6.07. The van der Waals surface area contributed by atoms with Crippen molar-refractivity contribution in [2.24, 2.45) is 11.8 Å². The van der Waals surface area contributed by atoms with Crippen LogP contribution >= 0.6 is 0 Å². The predicted molar refractivity (Wildman–Crippen MR) is 158 cm³/mol. The molecule has 198 valence electrons. The Kier molecular flexibility index (Phi) is 13.2. The van der Waals surface area contributed by atoms with Crippen molar-refractivity contribution in [2.75, 3.05) is 7.11 Å². The van der Waals surface area contributed by atoms with Crippen LogP contribution in [-0.4, -0.2) is 7.11 Å². The zero-order chi connectivity index (χ0) is 25.4. The maximum absolute atomic E-state index is 5.60. The van der Waals surface area contributed by atoms with Gasteiger partial charge in [-0.15, -0.1) is 0 Å². The molecule has 0 saturated heterocycles. The minimum atomic E-state index is 0.984. The average Bonchev–Trinajstić information content (AvgIpc) is 2.91. The number of aryl methyl sites for hydroxylation is 3. The molecule has 0 atom stereocenters. The topological polar surface area (TPSA) is 9.23 Å². The molecule has 2 aromatic rings. The molecule has 0 unspecified atom stereocenters. The highest BCUT2D eigenvalue weighted by atomic mass is 16.5. The number of methoxy groups -OCH3 is 1. The molecule has 36 heavy (non-hydrogen) atoms. The van der Waals surface area contributed by atoms with E-state index in [4.69, 9.17) is 4.74 Å². The molecule has 0 bridgehead atoms. The lowest BCUT2D eigenvalue weighted by molar-refractivity contribution is 0.245. The number of allylic oxidation sites excluding steroid dienone is 1. The van der Waals surface area contributed by atoms with Crippen LogP contribution in [0.5, 0.6) is 5.75 Å². The SMILES string of the molecule is C/C=C/c1ccc(CCCCC2CCC(CCCCc3ccc(OC)c(CCCCC)c3)CC2)cc1. The van der Waals surface area contributed by atoms with Crippen LogP contribution in [-0.2, 0) is 19.3 Å². The molecule has 1 aliphatic rings. The Morgan fingerprint density at radius 1 is 0.722 bits per heavy atom. The minimum absolute atomic E-state index is 0.984. The first kappa shape index (κ1) is 28.5. The third-order valence-corrected chi connectivity index (χ3v) is 8.36. The number of hydrogen-bond acceptors (Lipinski definition) is 1. The molecule has 1 nitrogen and oxygen atoms in total. The smallest absolute Gasteiger partial charge is 0.122 e. The Hall–Kier alpha value is -2.02. The van der Waals surface area contributed by atoms with Crippen molar-refractivity contribution in [2.45, 2.75) is 117 Å². The largest absolute Gasteiger partial charge is 0.496 e. The van der Waals surface area contributed by atoms with E-state index in [-0.39, 0.29) is 0 Å². The van der Waals surface area contributed by atoms with Crippen molar-refractivity contribution in [3.8, 4) is 5.75 Å². The molecule has 0 radical (unpaired) electrons. The molecule has 0 spiro atoms. The zero-order valence-electron chi connectivity index (χ0n) is 23.6. The Labute approximate surface area is 222 Å². The molecular weight excluding hydrogens is 436 g/mol. The average molecular weight is 489 g/mol. The van der Waals surface area contributed by atoms with Crippen LogP contribution in [0.15, 0.2) is 48.5 Å². The highest BCUT2D eigenvalue weighted by Crippen LogP contribution is 2.34. The van der Waals surface area contributed by atoms with E-state index < -0.39 is 0 Å². The van der Waals surface area contributed by atoms with Gasteiger partial charge < -0.3 is 4.74 Å². The van der Waals surface area contributed by atoms with Gasteiger partial charge in [0.1, 0.15) is 5.75 Å². The number of rotatable bonds is 16. The van der Waals surface area contributed by atoms with E-state index in [2.05, 4.69) is 68.5 Å². The van der Waals surface area contributed by atoms with Crippen LogP contribution < -0.4 is 4.74 Å². The molecule has 0 heterocycles. The lowest BCUT2D eigenvalue weighted by Crippen LogP contribution is -2.14. The van der Waals surface area contributed by atoms with Crippen LogP contribution in [0.1, 0.15) is 120 Å². The van der Waals surface area contributed by atoms with Gasteiger partial charge >= 0.3 is 0 Å². The second-order valence-corrected chi connectivity index (χ2v) is 11.2. The summed E-state index contributed by atoms with van der Waals surface area (Å²) in [6.07, 6.45) is 26.0. The zero-order valence-corrected chi connectivity index (χ0v) is 23.6. The molecule has 1 saturated carbocycles. The highest BCUT2D eigenvalue weighted by Gasteiger charge is 2.20. The molecular formula is C35H52O. The van der Waals surface area contributed by atoms with Gasteiger partial charge in [0.05, 0.1) is 7.11 Å². The summed E-state index contributed by atoms with van der Waals surface area (Å²) in [6, 6.07) is 16.0. The number of benzene rings is 2. The second kappa shape index (κ2) is 16.7. The quantitative estimate of drug-likeness (QED) is 0.213. The molecule has 2 aromatic carbocycles. The number of unbranched alkanes of at least 4 members (excludes halogenated alkanes) is 4. The summed E-state index contributed by atoms with van der Waals surface area (Å²) in [5.74, 6) is 3.05. The monoisotopic (exact) mass is 488 g/mol. The van der Waals surface area contributed by atoms with Gasteiger partial charge in [0.25, 0.3) is 0 Å². The molecule has 1 heteroatoms. The van der Waals surface area contributed by atoms with E-state index in [0.29, 0.717) is 0 Å². The summed E-state index contributed by atoms with van der Waals surface area (Å²) in [5, 5.41) is 0. The summed E-state index contributed by atoms with van der Waals surface area (Å²) in [5.41, 5.74) is 5.71. The molecule has 0 amide bonds. The van der Waals surface area contributed by atoms with Gasteiger partial charge in [0.15, 0.2) is 0 Å². The van der Waals surface area contributed by atoms with Crippen LogP contribution in [0.25, 0.3) is 6.08 Å². The molecule has 1 aliphatic carbocycles. The predicted octanol–water partition coefficient (Wildman–Crippen LogP) is 10.4. The van der Waals surface area contributed by atoms with Crippen LogP contribution in [0, 0.1) is 11.8 Å². The summed E-state index contributed by atoms with van der Waals surface area (Å²) in [4.78, 5) is 0. The van der Waals surface area contributed by atoms with Gasteiger partial charge in [-0.05, 0) is 85.6 Å². The minimum Gasteiger partial charge on any atom is -0.496 e. The lowest BCUT2D eigenvalue weighted by atomic mass is 9.78. The normalized spacial score (nSPS) is 18.1. The van der Waals surface area contributed by atoms with E-state index in [1.165, 1.54) is 119 Å². The van der Waals surface area contributed by atoms with Crippen LogP contribution in [0.3, 0.4) is 0 Å². The fourth-order valence-electron chi connectivity index (χ4n) is 6.07. The highest BCUT2D eigenvalue weighted by molar-refractivity contribution is 5.49. The third-order valence-electron chi connectivity index (χ3n) is 8.36. The van der Waals surface area contributed by atoms with Gasteiger partial charge in [-0.1, -0.05) is 120 Å². The van der Waals surface area contributed by atoms with Crippen molar-refractivity contribution in [1.29, 1.82) is 0 Å². The van der Waals surface area contributed by atoms with E-state index in [9.17, 15) is 0 Å². The first-order valence-electron chi connectivity index (χ1n) is 15.1. The van der Waals surface area contributed by atoms with E-state index in [1.807, 2.05) is 0 Å². The Bertz CT molecular complexity index is 870. The Morgan fingerprint density at radius 2 is 1.31 bits per heavy atom. The summed E-state index contributed by atoms with van der Waals surface area (Å²) in [7, 11) is 1.80. The van der Waals surface area contributed by atoms with Gasteiger partial charge in [-0.3, -0.25) is 0 Å². The van der Waals surface area contributed by atoms with E-state index in [0.717, 1.165) is 24.0 Å². The maximum Gasteiger partial charge on any atom is 0.122 e. The first-order valence-corrected chi connectivity index (χ1v) is 15.1. The Balaban J connectivity index is 1.26. The third kappa shape index (κ3) is 10.2. The summed E-state index contributed by atoms with van der Waals surface area (Å²) in [6.45, 7) is 4.35. The maximum atomic E-state index is 5.60.